The first-order chi connectivity index (χ1) is 15.4. The lowest BCUT2D eigenvalue weighted by atomic mass is 10.1. The van der Waals surface area contributed by atoms with Crippen LogP contribution in [0.1, 0.15) is 33.3 Å². The summed E-state index contributed by atoms with van der Waals surface area (Å²) in [6.07, 6.45) is 4.12. The van der Waals surface area contributed by atoms with Crippen molar-refractivity contribution in [1.82, 2.24) is 25.1 Å². The van der Waals surface area contributed by atoms with E-state index in [2.05, 4.69) is 65.5 Å². The summed E-state index contributed by atoms with van der Waals surface area (Å²) >= 11 is 3.32. The van der Waals surface area contributed by atoms with Crippen LogP contribution in [-0.4, -0.2) is 50.3 Å². The molecular weight excluding hydrogens is 440 g/mol. The molecule has 0 radical (unpaired) electrons. The van der Waals surface area contributed by atoms with Gasteiger partial charge in [0.2, 0.25) is 5.91 Å². The van der Waals surface area contributed by atoms with Crippen molar-refractivity contribution < 1.29 is 4.79 Å². The number of nitrogens with zero attached hydrogens (tertiary/aromatic N) is 4. The summed E-state index contributed by atoms with van der Waals surface area (Å²) in [5, 5.41) is 13.0. The van der Waals surface area contributed by atoms with Crippen LogP contribution in [0.25, 0.3) is 11.0 Å². The zero-order valence-corrected chi connectivity index (χ0v) is 21.0. The molecule has 172 valence electrons. The van der Waals surface area contributed by atoms with Gasteiger partial charge >= 0.3 is 0 Å². The minimum Gasteiger partial charge on any atom is -0.369 e. The summed E-state index contributed by atoms with van der Waals surface area (Å²) in [5.74, 6) is 1.32. The highest BCUT2D eigenvalue weighted by atomic mass is 32.2. The first-order valence-electron chi connectivity index (χ1n) is 10.9. The maximum Gasteiger partial charge on any atom is 0.224 e. The number of carbonyl (C=O) groups is 1. The highest BCUT2D eigenvalue weighted by Crippen LogP contribution is 2.24. The fraction of sp³-hybridized carbons (Fsp3) is 0.478. The number of hydrogen-bond donors (Lipinski definition) is 2. The van der Waals surface area contributed by atoms with Gasteiger partial charge in [0.15, 0.2) is 10.8 Å². The Morgan fingerprint density at radius 3 is 2.53 bits per heavy atom. The third kappa shape index (κ3) is 6.87. The lowest BCUT2D eigenvalue weighted by molar-refractivity contribution is -0.120. The lowest BCUT2D eigenvalue weighted by Gasteiger charge is -2.11. The number of fused-ring (bicyclic) bond motifs is 1. The van der Waals surface area contributed by atoms with E-state index in [0.29, 0.717) is 35.8 Å². The summed E-state index contributed by atoms with van der Waals surface area (Å²) in [6, 6.07) is 8.21. The molecule has 0 aliphatic rings. The predicted octanol–water partition coefficient (Wildman–Crippen LogP) is 4.48. The van der Waals surface area contributed by atoms with Gasteiger partial charge in [-0.25, -0.2) is 14.6 Å². The average molecular weight is 473 g/mol. The molecule has 2 heterocycles. The van der Waals surface area contributed by atoms with Crippen LogP contribution in [0.5, 0.6) is 0 Å². The maximum absolute atomic E-state index is 12.4. The minimum absolute atomic E-state index is 0.00411. The van der Waals surface area contributed by atoms with Gasteiger partial charge in [-0.05, 0) is 29.9 Å². The molecule has 0 aliphatic carbocycles. The molecule has 2 aromatic heterocycles. The number of anilines is 1. The van der Waals surface area contributed by atoms with Crippen molar-refractivity contribution in [3.05, 3.63) is 36.0 Å². The molecule has 0 bridgehead atoms. The van der Waals surface area contributed by atoms with E-state index in [-0.39, 0.29) is 5.91 Å². The Bertz CT molecular complexity index is 1030. The van der Waals surface area contributed by atoms with Crippen LogP contribution in [0, 0.1) is 5.92 Å². The molecule has 9 heteroatoms. The maximum atomic E-state index is 12.4. The van der Waals surface area contributed by atoms with Crippen molar-refractivity contribution in [2.45, 2.75) is 56.0 Å². The molecule has 0 spiro atoms. The second-order valence-corrected chi connectivity index (χ2v) is 10.7. The van der Waals surface area contributed by atoms with Crippen LogP contribution < -0.4 is 10.6 Å². The average Bonchev–Trinajstić information content (AvgIpc) is 3.16. The van der Waals surface area contributed by atoms with Gasteiger partial charge in [-0.15, -0.1) is 11.8 Å². The quantitative estimate of drug-likeness (QED) is 0.314. The van der Waals surface area contributed by atoms with Gasteiger partial charge in [-0.3, -0.25) is 4.79 Å². The highest BCUT2D eigenvalue weighted by Gasteiger charge is 2.13. The van der Waals surface area contributed by atoms with E-state index in [1.807, 2.05) is 34.8 Å². The fourth-order valence-electron chi connectivity index (χ4n) is 3.13. The van der Waals surface area contributed by atoms with E-state index >= 15 is 0 Å². The molecule has 0 aliphatic heterocycles. The zero-order chi connectivity index (χ0) is 23.1. The van der Waals surface area contributed by atoms with Crippen LogP contribution in [-0.2, 0) is 17.8 Å². The summed E-state index contributed by atoms with van der Waals surface area (Å²) in [4.78, 5) is 22.8. The lowest BCUT2D eigenvalue weighted by Crippen LogP contribution is -2.28. The fourth-order valence-corrected chi connectivity index (χ4v) is 4.33. The molecule has 0 saturated heterocycles. The van der Waals surface area contributed by atoms with E-state index < -0.39 is 0 Å². The van der Waals surface area contributed by atoms with Crippen LogP contribution in [0.3, 0.4) is 0 Å². The van der Waals surface area contributed by atoms with Gasteiger partial charge < -0.3 is 10.6 Å². The summed E-state index contributed by atoms with van der Waals surface area (Å²) < 4.78 is 1.83. The highest BCUT2D eigenvalue weighted by molar-refractivity contribution is 7.99. The Balaban J connectivity index is 1.58. The number of nitrogens with one attached hydrogen (secondary N) is 2. The molecule has 32 heavy (non-hydrogen) atoms. The molecule has 7 nitrogen and oxygen atoms in total. The topological polar surface area (TPSA) is 84.7 Å². The number of aromatic nitrogens is 4. The second-order valence-electron chi connectivity index (χ2n) is 8.28. The van der Waals surface area contributed by atoms with Gasteiger partial charge in [0.25, 0.3) is 0 Å². The number of thioether (sulfide) groups is 2. The van der Waals surface area contributed by atoms with E-state index in [1.165, 1.54) is 16.7 Å². The first-order valence-corrected chi connectivity index (χ1v) is 13.0. The Morgan fingerprint density at radius 1 is 1.12 bits per heavy atom. The van der Waals surface area contributed by atoms with Crippen LogP contribution in [0.4, 0.5) is 5.82 Å². The molecule has 3 rings (SSSR count). The molecule has 0 atom stereocenters. The van der Waals surface area contributed by atoms with E-state index in [9.17, 15) is 4.79 Å². The van der Waals surface area contributed by atoms with Gasteiger partial charge in [0.1, 0.15) is 5.82 Å². The Labute approximate surface area is 198 Å². The van der Waals surface area contributed by atoms with Crippen LogP contribution in [0.2, 0.25) is 0 Å². The Morgan fingerprint density at radius 2 is 1.88 bits per heavy atom. The number of amides is 1. The SMILES string of the molecule is CSc1nc(NCC(C)C)c2cnn(CCNC(=O)Cc3ccc(SC(C)C)cc3)c2n1. The number of rotatable bonds is 11. The van der Waals surface area contributed by atoms with E-state index in [1.54, 1.807) is 6.20 Å². The normalized spacial score (nSPS) is 11.5. The molecular formula is C23H32N6OS2. The number of carbonyl (C=O) groups excluding carboxylic acids is 1. The van der Waals surface area contributed by atoms with Crippen LogP contribution >= 0.6 is 23.5 Å². The van der Waals surface area contributed by atoms with Crippen LogP contribution in [0.15, 0.2) is 40.5 Å². The predicted molar refractivity (Wildman–Crippen MR) is 135 cm³/mol. The summed E-state index contributed by atoms with van der Waals surface area (Å²) in [6.45, 7) is 10.5. The molecule has 0 saturated carbocycles. The summed E-state index contributed by atoms with van der Waals surface area (Å²) in [5.41, 5.74) is 1.79. The van der Waals surface area contributed by atoms with Crippen molar-refractivity contribution in [3.8, 4) is 0 Å². The monoisotopic (exact) mass is 472 g/mol. The van der Waals surface area contributed by atoms with Crippen molar-refractivity contribution in [3.63, 3.8) is 0 Å². The van der Waals surface area contributed by atoms with Gasteiger partial charge in [-0.1, -0.05) is 51.6 Å². The first kappa shape index (κ1) is 24.4. The largest absolute Gasteiger partial charge is 0.369 e. The Hall–Kier alpha value is -2.26. The standard InChI is InChI=1S/C23H32N6OS2/c1-15(2)13-25-21-19-14-26-29(22(19)28-23(27-21)31-5)11-10-24-20(30)12-17-6-8-18(9-7-17)32-16(3)4/h6-9,14-16H,10-13H2,1-5H3,(H,24,30)(H,25,27,28). The molecule has 1 amide bonds. The van der Waals surface area contributed by atoms with Gasteiger partial charge in [0.05, 0.1) is 24.5 Å². The summed E-state index contributed by atoms with van der Waals surface area (Å²) in [7, 11) is 0. The molecule has 0 unspecified atom stereocenters. The molecule has 1 aromatic carbocycles. The van der Waals surface area contributed by atoms with Gasteiger partial charge in [0, 0.05) is 23.2 Å². The van der Waals surface area contributed by atoms with E-state index in [4.69, 9.17) is 0 Å². The van der Waals surface area contributed by atoms with Crippen molar-refractivity contribution in [1.29, 1.82) is 0 Å². The van der Waals surface area contributed by atoms with Gasteiger partial charge in [-0.2, -0.15) is 5.10 Å². The third-order valence-corrected chi connectivity index (χ3v) is 6.21. The number of benzene rings is 1. The molecule has 2 N–H and O–H groups in total. The van der Waals surface area contributed by atoms with Crippen molar-refractivity contribution >= 4 is 46.3 Å². The van der Waals surface area contributed by atoms with Crippen molar-refractivity contribution in [2.75, 3.05) is 24.7 Å². The smallest absolute Gasteiger partial charge is 0.224 e. The minimum atomic E-state index is 0.00411. The third-order valence-electron chi connectivity index (χ3n) is 4.64. The Kier molecular flexibility index (Phi) is 8.81. The number of hydrogen-bond acceptors (Lipinski definition) is 7. The second kappa shape index (κ2) is 11.6. The van der Waals surface area contributed by atoms with Crippen molar-refractivity contribution in [2.24, 2.45) is 5.92 Å². The zero-order valence-electron chi connectivity index (χ0n) is 19.4. The van der Waals surface area contributed by atoms with E-state index in [0.717, 1.165) is 29.0 Å². The molecule has 3 aromatic rings. The molecule has 0 fully saturated rings.